The zero-order chi connectivity index (χ0) is 13.9. The molecule has 0 amide bonds. The fourth-order valence-corrected chi connectivity index (χ4v) is 3.36. The van der Waals surface area contributed by atoms with E-state index in [9.17, 15) is 0 Å². The van der Waals surface area contributed by atoms with E-state index in [0.717, 1.165) is 30.7 Å². The van der Waals surface area contributed by atoms with E-state index in [1.807, 2.05) is 11.3 Å². The van der Waals surface area contributed by atoms with Crippen LogP contribution in [0.2, 0.25) is 0 Å². The van der Waals surface area contributed by atoms with Crippen molar-refractivity contribution in [1.29, 1.82) is 0 Å². The SMILES string of the molecule is Cc1ccc2c(c1)nc(CCCl)n2CCc1cccs1. The summed E-state index contributed by atoms with van der Waals surface area (Å²) in [7, 11) is 0. The van der Waals surface area contributed by atoms with Gasteiger partial charge in [-0.1, -0.05) is 12.1 Å². The molecule has 2 aromatic heterocycles. The molecule has 0 aliphatic rings. The number of alkyl halides is 1. The maximum Gasteiger partial charge on any atom is 0.111 e. The maximum atomic E-state index is 5.92. The monoisotopic (exact) mass is 304 g/mol. The van der Waals surface area contributed by atoms with Crippen molar-refractivity contribution >= 4 is 34.0 Å². The number of hydrogen-bond acceptors (Lipinski definition) is 2. The molecule has 104 valence electrons. The van der Waals surface area contributed by atoms with Gasteiger partial charge in [0.25, 0.3) is 0 Å². The molecule has 0 atom stereocenters. The summed E-state index contributed by atoms with van der Waals surface area (Å²) < 4.78 is 2.32. The average Bonchev–Trinajstić information content (AvgIpc) is 3.04. The lowest BCUT2D eigenvalue weighted by atomic mass is 10.2. The van der Waals surface area contributed by atoms with Crippen molar-refractivity contribution in [2.45, 2.75) is 26.3 Å². The smallest absolute Gasteiger partial charge is 0.111 e. The molecule has 3 rings (SSSR count). The van der Waals surface area contributed by atoms with Crippen molar-refractivity contribution in [2.75, 3.05) is 5.88 Å². The van der Waals surface area contributed by atoms with Gasteiger partial charge in [0, 0.05) is 23.7 Å². The van der Waals surface area contributed by atoms with Crippen LogP contribution in [0, 0.1) is 6.92 Å². The fourth-order valence-electron chi connectivity index (χ4n) is 2.49. The zero-order valence-electron chi connectivity index (χ0n) is 11.5. The van der Waals surface area contributed by atoms with Crippen molar-refractivity contribution in [3.8, 4) is 0 Å². The summed E-state index contributed by atoms with van der Waals surface area (Å²) in [6, 6.07) is 10.8. The van der Waals surface area contributed by atoms with Gasteiger partial charge in [0.15, 0.2) is 0 Å². The third-order valence-corrected chi connectivity index (χ3v) is 4.59. The van der Waals surface area contributed by atoms with Gasteiger partial charge in [0.1, 0.15) is 5.82 Å². The van der Waals surface area contributed by atoms with E-state index in [2.05, 4.69) is 47.2 Å². The molecule has 0 spiro atoms. The van der Waals surface area contributed by atoms with Gasteiger partial charge >= 0.3 is 0 Å². The van der Waals surface area contributed by atoms with Crippen molar-refractivity contribution in [3.63, 3.8) is 0 Å². The Morgan fingerprint density at radius 1 is 1.25 bits per heavy atom. The Labute approximate surface area is 128 Å². The van der Waals surface area contributed by atoms with Crippen LogP contribution in [0.3, 0.4) is 0 Å². The van der Waals surface area contributed by atoms with E-state index in [-0.39, 0.29) is 0 Å². The molecule has 2 nitrogen and oxygen atoms in total. The minimum atomic E-state index is 0.612. The number of imidazole rings is 1. The van der Waals surface area contributed by atoms with Crippen LogP contribution in [-0.4, -0.2) is 15.4 Å². The Hall–Kier alpha value is -1.32. The highest BCUT2D eigenvalue weighted by Gasteiger charge is 2.10. The molecule has 4 heteroatoms. The molecule has 2 heterocycles. The predicted molar refractivity (Wildman–Crippen MR) is 86.9 cm³/mol. The van der Waals surface area contributed by atoms with Crippen molar-refractivity contribution in [2.24, 2.45) is 0 Å². The molecule has 1 aromatic carbocycles. The molecular weight excluding hydrogens is 288 g/mol. The van der Waals surface area contributed by atoms with Gasteiger partial charge in [-0.15, -0.1) is 22.9 Å². The molecule has 0 radical (unpaired) electrons. The number of hydrogen-bond donors (Lipinski definition) is 0. The van der Waals surface area contributed by atoms with Crippen LogP contribution in [0.4, 0.5) is 0 Å². The van der Waals surface area contributed by atoms with E-state index >= 15 is 0 Å². The standard InChI is InChI=1S/C16H17ClN2S/c1-12-4-5-15-14(11-12)18-16(6-8-17)19(15)9-7-13-3-2-10-20-13/h2-5,10-11H,6-9H2,1H3. The lowest BCUT2D eigenvalue weighted by Gasteiger charge is -2.07. The molecule has 0 saturated heterocycles. The van der Waals surface area contributed by atoms with Gasteiger partial charge < -0.3 is 4.57 Å². The molecule has 0 aliphatic carbocycles. The number of aryl methyl sites for hydroxylation is 4. The third-order valence-electron chi connectivity index (χ3n) is 3.46. The Morgan fingerprint density at radius 2 is 2.15 bits per heavy atom. The molecule has 0 fully saturated rings. The molecule has 0 aliphatic heterocycles. The Kier molecular flexibility index (Phi) is 4.08. The van der Waals surface area contributed by atoms with Gasteiger partial charge in [0.2, 0.25) is 0 Å². The molecule has 0 unspecified atom stereocenters. The van der Waals surface area contributed by atoms with E-state index in [1.165, 1.54) is 16.0 Å². The summed E-state index contributed by atoms with van der Waals surface area (Å²) in [5, 5.41) is 2.13. The third kappa shape index (κ3) is 2.74. The van der Waals surface area contributed by atoms with Gasteiger partial charge in [-0.3, -0.25) is 0 Å². The number of rotatable bonds is 5. The lowest BCUT2D eigenvalue weighted by molar-refractivity contribution is 0.679. The van der Waals surface area contributed by atoms with Gasteiger partial charge in [-0.05, 0) is 42.5 Å². The summed E-state index contributed by atoms with van der Waals surface area (Å²) in [6.45, 7) is 3.07. The average molecular weight is 305 g/mol. The summed E-state index contributed by atoms with van der Waals surface area (Å²) in [6.07, 6.45) is 1.87. The maximum absolute atomic E-state index is 5.92. The topological polar surface area (TPSA) is 17.8 Å². The van der Waals surface area contributed by atoms with Crippen LogP contribution in [0.25, 0.3) is 11.0 Å². The lowest BCUT2D eigenvalue weighted by Crippen LogP contribution is -2.06. The molecule has 0 bridgehead atoms. The van der Waals surface area contributed by atoms with Crippen LogP contribution >= 0.6 is 22.9 Å². The quantitative estimate of drug-likeness (QED) is 0.638. The number of benzene rings is 1. The van der Waals surface area contributed by atoms with Gasteiger partial charge in [-0.2, -0.15) is 0 Å². The second-order valence-corrected chi connectivity index (χ2v) is 6.35. The van der Waals surface area contributed by atoms with Crippen molar-refractivity contribution in [3.05, 3.63) is 52.0 Å². The van der Waals surface area contributed by atoms with Crippen LogP contribution in [0.5, 0.6) is 0 Å². The number of halogens is 1. The summed E-state index contributed by atoms with van der Waals surface area (Å²) >= 11 is 7.73. The predicted octanol–water partition coefficient (Wildman–Crippen LogP) is 4.43. The second-order valence-electron chi connectivity index (χ2n) is 4.94. The summed E-state index contributed by atoms with van der Waals surface area (Å²) in [5.41, 5.74) is 3.54. The van der Waals surface area contributed by atoms with Gasteiger partial charge in [0.05, 0.1) is 11.0 Å². The summed E-state index contributed by atoms with van der Waals surface area (Å²) in [4.78, 5) is 6.16. The highest BCUT2D eigenvalue weighted by atomic mass is 35.5. The van der Waals surface area contributed by atoms with E-state index in [1.54, 1.807) is 0 Å². The van der Waals surface area contributed by atoms with E-state index < -0.39 is 0 Å². The molecule has 0 saturated carbocycles. The molecular formula is C16H17ClN2S. The van der Waals surface area contributed by atoms with Crippen LogP contribution < -0.4 is 0 Å². The fraction of sp³-hybridized carbons (Fsp3) is 0.312. The highest BCUT2D eigenvalue weighted by Crippen LogP contribution is 2.20. The minimum absolute atomic E-state index is 0.612. The zero-order valence-corrected chi connectivity index (χ0v) is 13.0. The normalized spacial score (nSPS) is 11.3. The largest absolute Gasteiger partial charge is 0.328 e. The Bertz CT molecular complexity index is 701. The first kappa shape index (κ1) is 13.7. The Morgan fingerprint density at radius 3 is 2.90 bits per heavy atom. The van der Waals surface area contributed by atoms with Crippen LogP contribution in [0.1, 0.15) is 16.3 Å². The first-order valence-corrected chi connectivity index (χ1v) is 8.23. The van der Waals surface area contributed by atoms with Crippen LogP contribution in [-0.2, 0) is 19.4 Å². The minimum Gasteiger partial charge on any atom is -0.328 e. The van der Waals surface area contributed by atoms with Gasteiger partial charge in [-0.25, -0.2) is 4.98 Å². The van der Waals surface area contributed by atoms with Crippen LogP contribution in [0.15, 0.2) is 35.7 Å². The second kappa shape index (κ2) is 5.98. The summed E-state index contributed by atoms with van der Waals surface area (Å²) in [5.74, 6) is 1.71. The van der Waals surface area contributed by atoms with Crippen molar-refractivity contribution in [1.82, 2.24) is 9.55 Å². The van der Waals surface area contributed by atoms with E-state index in [0.29, 0.717) is 5.88 Å². The van der Waals surface area contributed by atoms with E-state index in [4.69, 9.17) is 16.6 Å². The first-order valence-electron chi connectivity index (χ1n) is 6.82. The highest BCUT2D eigenvalue weighted by molar-refractivity contribution is 7.09. The molecule has 20 heavy (non-hydrogen) atoms. The molecule has 3 aromatic rings. The number of aromatic nitrogens is 2. The number of fused-ring (bicyclic) bond motifs is 1. The Balaban J connectivity index is 1.95. The van der Waals surface area contributed by atoms with Crippen molar-refractivity contribution < 1.29 is 0 Å². The molecule has 0 N–H and O–H groups in total. The first-order chi connectivity index (χ1) is 9.78. The number of thiophene rings is 1. The number of nitrogens with zero attached hydrogens (tertiary/aromatic N) is 2.